The number of allylic oxidation sites excluding steroid dienone is 1. The molecule has 0 N–H and O–H groups in total. The maximum absolute atomic E-state index is 3.66. The average Bonchev–Trinajstić information content (AvgIpc) is 1.36. The summed E-state index contributed by atoms with van der Waals surface area (Å²) in [5.74, 6) is 0. The molecule has 0 aliphatic carbocycles. The van der Waals surface area contributed by atoms with Gasteiger partial charge in [0, 0.05) is 0 Å². The second-order valence-corrected chi connectivity index (χ2v) is 4.21. The molecule has 0 aliphatic heterocycles. The molecular formula is C3H5BBr2. The maximum atomic E-state index is 3.66. The van der Waals surface area contributed by atoms with Crippen LogP contribution < -0.4 is 0 Å². The molecule has 6 heavy (non-hydrogen) atoms. The predicted octanol–water partition coefficient (Wildman–Crippen LogP) is 2.38. The fraction of sp³-hybridized carbons (Fsp3) is 0.333. The summed E-state index contributed by atoms with van der Waals surface area (Å²) < 4.78 is 0.282. The number of halogens is 2. The fourth-order valence-corrected chi connectivity index (χ4v) is 0. The molecule has 0 saturated carbocycles. The molecule has 3 heteroatoms. The number of rotatable bonds is 1. The van der Waals surface area contributed by atoms with Gasteiger partial charge in [0.15, 0.2) is 0 Å². The summed E-state index contributed by atoms with van der Waals surface area (Å²) in [4.78, 5) is 0. The molecule has 34 valence electrons. The van der Waals surface area contributed by atoms with Crippen LogP contribution in [0.15, 0.2) is 12.1 Å². The summed E-state index contributed by atoms with van der Waals surface area (Å²) in [6.45, 7) is 5.61. The van der Waals surface area contributed by atoms with Crippen LogP contribution in [-0.2, 0) is 0 Å². The molecule has 0 saturated heterocycles. The van der Waals surface area contributed by atoms with Crippen LogP contribution in [0.25, 0.3) is 0 Å². The van der Waals surface area contributed by atoms with Gasteiger partial charge in [0.25, 0.3) is 0 Å². The minimum atomic E-state index is 0.282. The molecule has 0 radical (unpaired) electrons. The molecule has 0 bridgehead atoms. The van der Waals surface area contributed by atoms with E-state index in [0.29, 0.717) is 0 Å². The fourth-order valence-electron chi connectivity index (χ4n) is 0. The Hall–Kier alpha value is 0.765. The SMILES string of the molecule is C=C(C)B(Br)Br. The van der Waals surface area contributed by atoms with Gasteiger partial charge in [-0.2, -0.15) is 0 Å². The molecule has 0 nitrogen and oxygen atoms in total. The largest absolute Gasteiger partial charge is 0.324 e. The van der Waals surface area contributed by atoms with Crippen molar-refractivity contribution in [2.24, 2.45) is 0 Å². The van der Waals surface area contributed by atoms with Gasteiger partial charge in [0.05, 0.1) is 0 Å². The van der Waals surface area contributed by atoms with E-state index in [0.717, 1.165) is 5.47 Å². The van der Waals surface area contributed by atoms with Crippen LogP contribution in [0.1, 0.15) is 6.92 Å². The van der Waals surface area contributed by atoms with E-state index in [1.807, 2.05) is 6.92 Å². The normalized spacial score (nSPS) is 7.83. The zero-order chi connectivity index (χ0) is 5.15. The van der Waals surface area contributed by atoms with Crippen molar-refractivity contribution in [1.29, 1.82) is 0 Å². The van der Waals surface area contributed by atoms with E-state index in [-0.39, 0.29) is 4.36 Å². The molecule has 0 heterocycles. The lowest BCUT2D eigenvalue weighted by Gasteiger charge is -1.87. The summed E-state index contributed by atoms with van der Waals surface area (Å²) in [6.07, 6.45) is 0. The molecule has 0 unspecified atom stereocenters. The first kappa shape index (κ1) is 6.76. The summed E-state index contributed by atoms with van der Waals surface area (Å²) >= 11 is 6.51. The van der Waals surface area contributed by atoms with Crippen LogP contribution in [0.5, 0.6) is 0 Å². The predicted molar refractivity (Wildman–Crippen MR) is 38.4 cm³/mol. The van der Waals surface area contributed by atoms with E-state index in [1.165, 1.54) is 0 Å². The molecule has 0 atom stereocenters. The second kappa shape index (κ2) is 2.86. The van der Waals surface area contributed by atoms with Crippen molar-refractivity contribution in [3.8, 4) is 0 Å². The Bertz CT molecular complexity index is 59.8. The van der Waals surface area contributed by atoms with Gasteiger partial charge in [0.1, 0.15) is 0 Å². The highest BCUT2D eigenvalue weighted by Crippen LogP contribution is 2.09. The van der Waals surface area contributed by atoms with Gasteiger partial charge in [-0.1, -0.05) is 12.4 Å². The van der Waals surface area contributed by atoms with Crippen molar-refractivity contribution < 1.29 is 0 Å². The van der Waals surface area contributed by atoms with Gasteiger partial charge in [0.2, 0.25) is 0 Å². The summed E-state index contributed by atoms with van der Waals surface area (Å²) in [5, 5.41) is 0. The van der Waals surface area contributed by atoms with Crippen LogP contribution >= 0.6 is 31.5 Å². The minimum absolute atomic E-state index is 0.282. The zero-order valence-electron chi connectivity index (χ0n) is 3.54. The van der Waals surface area contributed by atoms with Crippen LogP contribution in [0.3, 0.4) is 0 Å². The lowest BCUT2D eigenvalue weighted by molar-refractivity contribution is 1.71. The second-order valence-electron chi connectivity index (χ2n) is 1.15. The molecule has 0 amide bonds. The van der Waals surface area contributed by atoms with Crippen LogP contribution in [0, 0.1) is 0 Å². The highest BCUT2D eigenvalue weighted by atomic mass is 79.9. The quantitative estimate of drug-likeness (QED) is 0.585. The molecule has 0 aromatic heterocycles. The first-order chi connectivity index (χ1) is 2.64. The van der Waals surface area contributed by atoms with E-state index in [9.17, 15) is 0 Å². The van der Waals surface area contributed by atoms with Crippen molar-refractivity contribution in [1.82, 2.24) is 0 Å². The first-order valence-electron chi connectivity index (χ1n) is 1.58. The van der Waals surface area contributed by atoms with Crippen molar-refractivity contribution in [2.75, 3.05) is 0 Å². The monoisotopic (exact) mass is 210 g/mol. The molecule has 0 fully saturated rings. The van der Waals surface area contributed by atoms with Crippen LogP contribution in [0.2, 0.25) is 0 Å². The van der Waals surface area contributed by atoms with E-state index < -0.39 is 0 Å². The van der Waals surface area contributed by atoms with E-state index in [2.05, 4.69) is 38.1 Å². The Morgan fingerprint density at radius 3 is 1.83 bits per heavy atom. The van der Waals surface area contributed by atoms with Crippen molar-refractivity contribution in [3.63, 3.8) is 0 Å². The Balaban J connectivity index is 3.26. The highest BCUT2D eigenvalue weighted by molar-refractivity contribution is 9.49. The Morgan fingerprint density at radius 1 is 1.67 bits per heavy atom. The van der Waals surface area contributed by atoms with Gasteiger partial charge >= 0.3 is 4.36 Å². The first-order valence-corrected chi connectivity index (χ1v) is 3.41. The molecule has 0 aliphatic rings. The summed E-state index contributed by atoms with van der Waals surface area (Å²) in [5.41, 5.74) is 1.09. The number of hydrogen-bond acceptors (Lipinski definition) is 0. The standard InChI is InChI=1S/C3H5BBr2/c1-3(2)4(5)6/h1H2,2H3. The van der Waals surface area contributed by atoms with Crippen molar-refractivity contribution in [2.45, 2.75) is 6.92 Å². The van der Waals surface area contributed by atoms with Crippen LogP contribution in [-0.4, -0.2) is 4.36 Å². The van der Waals surface area contributed by atoms with Gasteiger partial charge < -0.3 is 0 Å². The van der Waals surface area contributed by atoms with Crippen LogP contribution in [0.4, 0.5) is 0 Å². The van der Waals surface area contributed by atoms with Crippen molar-refractivity contribution >= 4 is 35.9 Å². The molecule has 0 rings (SSSR count). The van der Waals surface area contributed by atoms with Gasteiger partial charge in [-0.3, -0.25) is 0 Å². The minimum Gasteiger partial charge on any atom is -0.133 e. The summed E-state index contributed by atoms with van der Waals surface area (Å²) in [6, 6.07) is 0. The van der Waals surface area contributed by atoms with Crippen molar-refractivity contribution in [3.05, 3.63) is 12.1 Å². The van der Waals surface area contributed by atoms with Gasteiger partial charge in [-0.05, 0) is 0 Å². The molecule has 0 spiro atoms. The third-order valence-corrected chi connectivity index (χ3v) is 1.94. The zero-order valence-corrected chi connectivity index (χ0v) is 6.71. The Morgan fingerprint density at radius 2 is 1.83 bits per heavy atom. The molecular weight excluding hydrogens is 207 g/mol. The molecule has 0 aromatic rings. The van der Waals surface area contributed by atoms with E-state index in [4.69, 9.17) is 0 Å². The topological polar surface area (TPSA) is 0 Å². The van der Waals surface area contributed by atoms with E-state index >= 15 is 0 Å². The Labute approximate surface area is 55.0 Å². The number of hydrogen-bond donors (Lipinski definition) is 0. The van der Waals surface area contributed by atoms with Gasteiger partial charge in [-0.15, -0.1) is 38.1 Å². The summed E-state index contributed by atoms with van der Waals surface area (Å²) in [7, 11) is 0. The Kier molecular flexibility index (Phi) is 3.22. The van der Waals surface area contributed by atoms with Gasteiger partial charge in [-0.25, -0.2) is 0 Å². The lowest BCUT2D eigenvalue weighted by atomic mass is 10.00. The van der Waals surface area contributed by atoms with E-state index in [1.54, 1.807) is 0 Å². The maximum Gasteiger partial charge on any atom is 0.324 e. The highest BCUT2D eigenvalue weighted by Gasteiger charge is 2.00. The lowest BCUT2D eigenvalue weighted by Crippen LogP contribution is -1.88. The third kappa shape index (κ3) is 2.97. The smallest absolute Gasteiger partial charge is 0.133 e. The average molecular weight is 212 g/mol. The third-order valence-electron chi connectivity index (χ3n) is 0.373. The molecule has 0 aromatic carbocycles.